The smallest absolute Gasteiger partial charge is 0.229 e. The van der Waals surface area contributed by atoms with E-state index in [1.54, 1.807) is 6.07 Å². The highest BCUT2D eigenvalue weighted by Gasteiger charge is 2.33. The van der Waals surface area contributed by atoms with E-state index in [0.29, 0.717) is 43.4 Å². The Hall–Kier alpha value is -2.21. The Balaban J connectivity index is 1.86. The summed E-state index contributed by atoms with van der Waals surface area (Å²) in [6.45, 7) is 10.4. The quantitative estimate of drug-likeness (QED) is 0.687. The van der Waals surface area contributed by atoms with Crippen molar-refractivity contribution in [2.45, 2.75) is 34.1 Å². The van der Waals surface area contributed by atoms with Gasteiger partial charge in [0, 0.05) is 48.9 Å². The van der Waals surface area contributed by atoms with Crippen LogP contribution in [0.15, 0.2) is 24.3 Å². The average molecular weight is 419 g/mol. The minimum Gasteiger partial charge on any atom is -0.353 e. The van der Waals surface area contributed by atoms with Crippen molar-refractivity contribution in [2.24, 2.45) is 5.41 Å². The summed E-state index contributed by atoms with van der Waals surface area (Å²) in [4.78, 5) is 26.2. The van der Waals surface area contributed by atoms with Gasteiger partial charge in [0.2, 0.25) is 5.91 Å². The number of piperazine rings is 1. The van der Waals surface area contributed by atoms with Gasteiger partial charge >= 0.3 is 0 Å². The van der Waals surface area contributed by atoms with Gasteiger partial charge in [0.15, 0.2) is 5.82 Å². The molecule has 1 fully saturated rings. The van der Waals surface area contributed by atoms with E-state index in [2.05, 4.69) is 16.8 Å². The highest BCUT2D eigenvalue weighted by molar-refractivity contribution is 6.19. The Morgan fingerprint density at radius 3 is 2.48 bits per heavy atom. The first-order valence-corrected chi connectivity index (χ1v) is 10.5. The van der Waals surface area contributed by atoms with Gasteiger partial charge in [-0.15, -0.1) is 11.6 Å². The summed E-state index contributed by atoms with van der Waals surface area (Å²) >= 11 is 5.97. The zero-order valence-corrected chi connectivity index (χ0v) is 18.3. The van der Waals surface area contributed by atoms with E-state index in [4.69, 9.17) is 16.6 Å². The summed E-state index contributed by atoms with van der Waals surface area (Å²) in [5.74, 6) is 1.48. The summed E-state index contributed by atoms with van der Waals surface area (Å²) in [5.41, 5.74) is 2.09. The molecule has 156 valence electrons. The molecule has 0 bridgehead atoms. The van der Waals surface area contributed by atoms with E-state index in [1.807, 2.05) is 31.7 Å². The van der Waals surface area contributed by atoms with E-state index in [9.17, 15) is 9.18 Å². The Kier molecular flexibility index (Phi) is 6.42. The Morgan fingerprint density at radius 1 is 1.21 bits per heavy atom. The normalized spacial score (nSPS) is 15.0. The number of rotatable bonds is 5. The molecule has 0 aliphatic carbocycles. The lowest BCUT2D eigenvalue weighted by Crippen LogP contribution is -2.53. The first-order chi connectivity index (χ1) is 13.8. The Bertz CT molecular complexity index is 894. The molecule has 1 aliphatic heterocycles. The van der Waals surface area contributed by atoms with Gasteiger partial charge in [0.1, 0.15) is 11.6 Å². The maximum Gasteiger partial charge on any atom is 0.229 e. The van der Waals surface area contributed by atoms with Crippen molar-refractivity contribution in [1.29, 1.82) is 0 Å². The molecule has 0 saturated carbocycles. The van der Waals surface area contributed by atoms with Crippen LogP contribution >= 0.6 is 11.6 Å². The fraction of sp³-hybridized carbons (Fsp3) is 0.500. The van der Waals surface area contributed by atoms with E-state index >= 15 is 0 Å². The number of benzene rings is 1. The molecule has 7 heteroatoms. The molecule has 29 heavy (non-hydrogen) atoms. The van der Waals surface area contributed by atoms with E-state index in [0.717, 1.165) is 23.5 Å². The second kappa shape index (κ2) is 8.66. The second-order valence-corrected chi connectivity index (χ2v) is 8.36. The molecule has 1 amide bonds. The Morgan fingerprint density at radius 2 is 1.90 bits per heavy atom. The highest BCUT2D eigenvalue weighted by Crippen LogP contribution is 2.28. The van der Waals surface area contributed by atoms with E-state index in [-0.39, 0.29) is 11.7 Å². The maximum atomic E-state index is 13.7. The van der Waals surface area contributed by atoms with E-state index < -0.39 is 5.41 Å². The van der Waals surface area contributed by atoms with Crippen molar-refractivity contribution >= 4 is 23.3 Å². The van der Waals surface area contributed by atoms with Gasteiger partial charge < -0.3 is 9.80 Å². The van der Waals surface area contributed by atoms with Crippen LogP contribution in [-0.4, -0.2) is 52.8 Å². The van der Waals surface area contributed by atoms with Gasteiger partial charge in [-0.05, 0) is 39.3 Å². The van der Waals surface area contributed by atoms with Crippen molar-refractivity contribution in [1.82, 2.24) is 14.9 Å². The molecule has 1 aromatic heterocycles. The predicted octanol–water partition coefficient (Wildman–Crippen LogP) is 4.07. The zero-order valence-electron chi connectivity index (χ0n) is 17.5. The van der Waals surface area contributed by atoms with Crippen LogP contribution in [0.1, 0.15) is 32.0 Å². The predicted molar refractivity (Wildman–Crippen MR) is 115 cm³/mol. The summed E-state index contributed by atoms with van der Waals surface area (Å²) in [5, 5.41) is 0. The van der Waals surface area contributed by atoms with Crippen molar-refractivity contribution in [3.05, 3.63) is 41.3 Å². The minimum atomic E-state index is -0.561. The molecule has 0 radical (unpaired) electrons. The summed E-state index contributed by atoms with van der Waals surface area (Å²) in [6.07, 6.45) is 0.809. The van der Waals surface area contributed by atoms with Crippen LogP contribution in [0.25, 0.3) is 11.4 Å². The molecule has 2 heterocycles. The monoisotopic (exact) mass is 418 g/mol. The standard InChI is InChI=1S/C22H28ClFN4O/c1-5-18-15(2)25-19(16-7-6-8-17(24)13-16)26-20(18)27-9-11-28(12-10-27)21(29)22(3,4)14-23/h6-8,13H,5,9-12,14H2,1-4H3. The third-order valence-corrected chi connectivity index (χ3v) is 6.08. The van der Waals surface area contributed by atoms with Gasteiger partial charge in [-0.2, -0.15) is 0 Å². The number of hydrogen-bond acceptors (Lipinski definition) is 4. The van der Waals surface area contributed by atoms with Gasteiger partial charge in [-0.3, -0.25) is 4.79 Å². The lowest BCUT2D eigenvalue weighted by atomic mass is 9.94. The molecule has 1 aromatic carbocycles. The first-order valence-electron chi connectivity index (χ1n) is 10.0. The van der Waals surface area contributed by atoms with Gasteiger partial charge in [-0.25, -0.2) is 14.4 Å². The number of carbonyl (C=O) groups is 1. The van der Waals surface area contributed by atoms with Crippen molar-refractivity contribution in [3.63, 3.8) is 0 Å². The fourth-order valence-corrected chi connectivity index (χ4v) is 3.73. The van der Waals surface area contributed by atoms with Crippen molar-refractivity contribution in [2.75, 3.05) is 37.0 Å². The number of anilines is 1. The van der Waals surface area contributed by atoms with Crippen LogP contribution in [-0.2, 0) is 11.2 Å². The third-order valence-electron chi connectivity index (χ3n) is 5.41. The number of amides is 1. The molecule has 2 aromatic rings. The van der Waals surface area contributed by atoms with Crippen molar-refractivity contribution < 1.29 is 9.18 Å². The number of carbonyl (C=O) groups excluding carboxylic acids is 1. The highest BCUT2D eigenvalue weighted by atomic mass is 35.5. The number of aryl methyl sites for hydroxylation is 1. The van der Waals surface area contributed by atoms with Gasteiger partial charge in [-0.1, -0.05) is 19.1 Å². The number of halogens is 2. The number of alkyl halides is 1. The number of hydrogen-bond donors (Lipinski definition) is 0. The first kappa shape index (κ1) is 21.5. The fourth-order valence-electron chi connectivity index (χ4n) is 3.62. The summed E-state index contributed by atoms with van der Waals surface area (Å²) in [7, 11) is 0. The number of nitrogens with zero attached hydrogens (tertiary/aromatic N) is 4. The largest absolute Gasteiger partial charge is 0.353 e. The third kappa shape index (κ3) is 4.53. The second-order valence-electron chi connectivity index (χ2n) is 8.10. The molecular formula is C22H28ClFN4O. The molecule has 0 spiro atoms. The molecule has 0 atom stereocenters. The lowest BCUT2D eigenvalue weighted by molar-refractivity contribution is -0.139. The van der Waals surface area contributed by atoms with Crippen LogP contribution in [0.2, 0.25) is 0 Å². The minimum absolute atomic E-state index is 0.0854. The molecular weight excluding hydrogens is 391 g/mol. The van der Waals surface area contributed by atoms with Gasteiger partial charge in [0.25, 0.3) is 0 Å². The van der Waals surface area contributed by atoms with Crippen LogP contribution in [0.5, 0.6) is 0 Å². The zero-order chi connectivity index (χ0) is 21.2. The lowest BCUT2D eigenvalue weighted by Gasteiger charge is -2.39. The van der Waals surface area contributed by atoms with Crippen LogP contribution in [0.4, 0.5) is 10.2 Å². The van der Waals surface area contributed by atoms with Crippen LogP contribution in [0.3, 0.4) is 0 Å². The van der Waals surface area contributed by atoms with Crippen LogP contribution in [0, 0.1) is 18.2 Å². The summed E-state index contributed by atoms with van der Waals surface area (Å²) < 4.78 is 13.7. The topological polar surface area (TPSA) is 49.3 Å². The number of aromatic nitrogens is 2. The van der Waals surface area contributed by atoms with E-state index in [1.165, 1.54) is 12.1 Å². The molecule has 1 aliphatic rings. The molecule has 5 nitrogen and oxygen atoms in total. The maximum absolute atomic E-state index is 13.7. The Labute approximate surface area is 176 Å². The van der Waals surface area contributed by atoms with Crippen LogP contribution < -0.4 is 4.90 Å². The average Bonchev–Trinajstić information content (AvgIpc) is 2.72. The molecule has 1 saturated heterocycles. The molecule has 0 unspecified atom stereocenters. The summed E-state index contributed by atoms with van der Waals surface area (Å²) in [6, 6.07) is 6.35. The van der Waals surface area contributed by atoms with Gasteiger partial charge in [0.05, 0.1) is 5.41 Å². The SMILES string of the molecule is CCc1c(C)nc(-c2cccc(F)c2)nc1N1CCN(C(=O)C(C)(C)CCl)CC1. The molecule has 3 rings (SSSR count). The van der Waals surface area contributed by atoms with Crippen molar-refractivity contribution in [3.8, 4) is 11.4 Å². The molecule has 0 N–H and O–H groups in total.